The Kier molecular flexibility index (Phi) is 3.53. The quantitative estimate of drug-likeness (QED) is 0.816. The third-order valence-electron chi connectivity index (χ3n) is 4.51. The number of amides is 1. The van der Waals surface area contributed by atoms with E-state index in [1.54, 1.807) is 0 Å². The first-order valence-electron chi connectivity index (χ1n) is 7.78. The number of carbonyl (C=O) groups is 1. The highest BCUT2D eigenvalue weighted by atomic mass is 32.2. The average molecular weight is 350 g/mol. The molecule has 2 saturated heterocycles. The third kappa shape index (κ3) is 2.92. The van der Waals surface area contributed by atoms with Crippen molar-refractivity contribution >= 4 is 38.4 Å². The summed E-state index contributed by atoms with van der Waals surface area (Å²) in [4.78, 5) is 18.4. The zero-order valence-corrected chi connectivity index (χ0v) is 14.4. The lowest BCUT2D eigenvalue weighted by Crippen LogP contribution is -2.37. The van der Waals surface area contributed by atoms with E-state index in [4.69, 9.17) is 0 Å². The number of aryl methyl sites for hydroxylation is 1. The number of rotatable bonds is 2. The molecule has 0 unspecified atom stereocenters. The number of nitrogens with zero attached hydrogens (tertiary/aromatic N) is 2. The molecular weight excluding hydrogens is 332 g/mol. The topological polar surface area (TPSA) is 66.8 Å². The molecule has 2 aliphatic heterocycles. The van der Waals surface area contributed by atoms with Gasteiger partial charge in [0.25, 0.3) is 5.91 Å². The first kappa shape index (κ1) is 15.2. The van der Waals surface area contributed by atoms with Crippen LogP contribution < -0.4 is 4.90 Å². The lowest BCUT2D eigenvalue weighted by Gasteiger charge is -2.24. The van der Waals surface area contributed by atoms with Crippen molar-refractivity contribution in [3.63, 3.8) is 0 Å². The molecule has 3 aliphatic rings. The summed E-state index contributed by atoms with van der Waals surface area (Å²) in [5.74, 6) is 0.316. The molecule has 4 rings (SSSR count). The van der Waals surface area contributed by atoms with Crippen LogP contribution in [-0.2, 0) is 14.6 Å². The third-order valence-corrected chi connectivity index (χ3v) is 7.72. The van der Waals surface area contributed by atoms with Crippen molar-refractivity contribution in [3.8, 4) is 0 Å². The van der Waals surface area contributed by atoms with Gasteiger partial charge in [0.15, 0.2) is 15.0 Å². The first-order valence-corrected chi connectivity index (χ1v) is 10.5. The lowest BCUT2D eigenvalue weighted by atomic mass is 10.1. The van der Waals surface area contributed by atoms with E-state index in [9.17, 15) is 13.2 Å². The summed E-state index contributed by atoms with van der Waals surface area (Å²) in [5.41, 5.74) is 2.05. The minimum Gasteiger partial charge on any atom is -0.316 e. The zero-order valence-electron chi connectivity index (χ0n) is 12.8. The molecule has 1 saturated carbocycles. The van der Waals surface area contributed by atoms with Gasteiger partial charge in [-0.05, 0) is 31.9 Å². The number of anilines is 1. The van der Waals surface area contributed by atoms with Gasteiger partial charge in [0.05, 0.1) is 17.5 Å². The summed E-state index contributed by atoms with van der Waals surface area (Å²) in [7, 11) is -3.01. The van der Waals surface area contributed by atoms with Crippen molar-refractivity contribution in [1.82, 2.24) is 0 Å². The second-order valence-corrected chi connectivity index (χ2v) is 9.87. The number of aliphatic imine (C=N–C) groups is 1. The van der Waals surface area contributed by atoms with Crippen LogP contribution in [0.15, 0.2) is 29.3 Å². The van der Waals surface area contributed by atoms with E-state index in [2.05, 4.69) is 4.99 Å². The Hall–Kier alpha value is -1.34. The number of thioether (sulfide) groups is 1. The minimum absolute atomic E-state index is 0.0351. The van der Waals surface area contributed by atoms with E-state index in [1.165, 1.54) is 11.8 Å². The Morgan fingerprint density at radius 1 is 1.22 bits per heavy atom. The summed E-state index contributed by atoms with van der Waals surface area (Å²) < 4.78 is 24.0. The van der Waals surface area contributed by atoms with Gasteiger partial charge in [0, 0.05) is 16.9 Å². The fraction of sp³-hybridized carbons (Fsp3) is 0.500. The van der Waals surface area contributed by atoms with Crippen LogP contribution in [-0.4, -0.2) is 42.3 Å². The van der Waals surface area contributed by atoms with E-state index in [0.29, 0.717) is 5.17 Å². The number of fused-ring (bicyclic) bond motifs is 1. The molecule has 5 nitrogen and oxygen atoms in total. The van der Waals surface area contributed by atoms with Crippen LogP contribution in [0.1, 0.15) is 18.4 Å². The molecular formula is C16H18N2O3S2. The average Bonchev–Trinajstić information content (AvgIpc) is 3.22. The summed E-state index contributed by atoms with van der Waals surface area (Å²) in [6, 6.07) is 7.81. The van der Waals surface area contributed by atoms with Gasteiger partial charge in [0.1, 0.15) is 0 Å². The molecule has 23 heavy (non-hydrogen) atoms. The number of hydrogen-bond donors (Lipinski definition) is 0. The molecule has 0 bridgehead atoms. The van der Waals surface area contributed by atoms with Gasteiger partial charge in [-0.15, -0.1) is 0 Å². The summed E-state index contributed by atoms with van der Waals surface area (Å²) in [6.07, 6.45) is 1.85. The molecule has 0 N–H and O–H groups in total. The number of carbonyl (C=O) groups excluding carboxylic acids is 1. The predicted molar refractivity (Wildman–Crippen MR) is 92.6 cm³/mol. The highest BCUT2D eigenvalue weighted by Crippen LogP contribution is 2.41. The highest BCUT2D eigenvalue weighted by Gasteiger charge is 2.49. The maximum absolute atomic E-state index is 12.1. The van der Waals surface area contributed by atoms with Crippen molar-refractivity contribution in [2.24, 2.45) is 10.9 Å². The van der Waals surface area contributed by atoms with Crippen LogP contribution in [0.5, 0.6) is 0 Å². The van der Waals surface area contributed by atoms with E-state index in [1.807, 2.05) is 36.1 Å². The number of amidine groups is 1. The van der Waals surface area contributed by atoms with Crippen LogP contribution in [0.2, 0.25) is 0 Å². The van der Waals surface area contributed by atoms with Crippen LogP contribution in [0.4, 0.5) is 5.69 Å². The molecule has 0 aromatic heterocycles. The van der Waals surface area contributed by atoms with Crippen molar-refractivity contribution < 1.29 is 13.2 Å². The molecule has 122 valence electrons. The number of benzene rings is 1. The normalized spacial score (nSPS) is 30.7. The van der Waals surface area contributed by atoms with Crippen molar-refractivity contribution in [1.29, 1.82) is 0 Å². The fourth-order valence-electron chi connectivity index (χ4n) is 3.09. The molecule has 1 aromatic carbocycles. The fourth-order valence-corrected chi connectivity index (χ4v) is 7.01. The summed E-state index contributed by atoms with van der Waals surface area (Å²) in [6.45, 7) is 2.01. The monoisotopic (exact) mass is 350 g/mol. The predicted octanol–water partition coefficient (Wildman–Crippen LogP) is 2.01. The Bertz CT molecular complexity index is 782. The smallest absolute Gasteiger partial charge is 0.251 e. The van der Waals surface area contributed by atoms with Gasteiger partial charge in [0.2, 0.25) is 0 Å². The zero-order chi connectivity index (χ0) is 16.2. The van der Waals surface area contributed by atoms with Gasteiger partial charge in [-0.2, -0.15) is 4.99 Å². The van der Waals surface area contributed by atoms with E-state index in [0.717, 1.165) is 24.1 Å². The minimum atomic E-state index is -3.01. The Balaban J connectivity index is 1.71. The van der Waals surface area contributed by atoms with E-state index >= 15 is 0 Å². The van der Waals surface area contributed by atoms with E-state index < -0.39 is 9.84 Å². The Morgan fingerprint density at radius 3 is 2.57 bits per heavy atom. The molecule has 3 fully saturated rings. The van der Waals surface area contributed by atoms with Crippen molar-refractivity contribution in [2.45, 2.75) is 31.1 Å². The largest absolute Gasteiger partial charge is 0.316 e. The SMILES string of the molecule is Cc1ccc(N2C(=NC(=O)C3CC3)S[C@@H]3CS(=O)(=O)C[C@@H]32)cc1. The lowest BCUT2D eigenvalue weighted by molar-refractivity contribution is -0.118. The maximum Gasteiger partial charge on any atom is 0.251 e. The maximum atomic E-state index is 12.1. The standard InChI is InChI=1S/C16H18N2O3S2/c1-10-2-6-12(7-3-10)18-13-8-23(20,21)9-14(13)22-16(18)17-15(19)11-4-5-11/h2-3,6-7,11,13-14H,4-5,8-9H2,1H3/t13-,14+/m0/s1. The molecule has 1 amide bonds. The molecule has 1 aromatic rings. The number of hydrogen-bond acceptors (Lipinski definition) is 4. The molecule has 2 heterocycles. The highest BCUT2D eigenvalue weighted by molar-refractivity contribution is 8.16. The van der Waals surface area contributed by atoms with Crippen LogP contribution in [0.25, 0.3) is 0 Å². The second kappa shape index (κ2) is 5.34. The molecule has 2 atom stereocenters. The molecule has 7 heteroatoms. The van der Waals surface area contributed by atoms with Gasteiger partial charge < -0.3 is 4.90 Å². The molecule has 0 spiro atoms. The molecule has 0 radical (unpaired) electrons. The van der Waals surface area contributed by atoms with Gasteiger partial charge >= 0.3 is 0 Å². The Morgan fingerprint density at radius 2 is 1.91 bits per heavy atom. The van der Waals surface area contributed by atoms with Gasteiger partial charge in [-0.3, -0.25) is 4.79 Å². The summed E-state index contributed by atoms with van der Waals surface area (Å²) >= 11 is 1.44. The Labute approximate surface area is 140 Å². The van der Waals surface area contributed by atoms with Crippen molar-refractivity contribution in [2.75, 3.05) is 16.4 Å². The first-order chi connectivity index (χ1) is 10.9. The van der Waals surface area contributed by atoms with Gasteiger partial charge in [-0.25, -0.2) is 8.42 Å². The number of sulfone groups is 1. The van der Waals surface area contributed by atoms with Crippen LogP contribution in [0, 0.1) is 12.8 Å². The van der Waals surface area contributed by atoms with Crippen molar-refractivity contribution in [3.05, 3.63) is 29.8 Å². The van der Waals surface area contributed by atoms with Gasteiger partial charge in [-0.1, -0.05) is 29.5 Å². The second-order valence-electron chi connectivity index (χ2n) is 6.51. The van der Waals surface area contributed by atoms with Crippen LogP contribution in [0.3, 0.4) is 0 Å². The molecule has 1 aliphatic carbocycles. The summed E-state index contributed by atoms with van der Waals surface area (Å²) in [5, 5.41) is 0.628. The van der Waals surface area contributed by atoms with Crippen LogP contribution >= 0.6 is 11.8 Å². The van der Waals surface area contributed by atoms with E-state index in [-0.39, 0.29) is 34.6 Å².